The highest BCUT2D eigenvalue weighted by atomic mass is 16.3. The molecule has 7 N–H and O–H groups in total. The molecule has 3 aliphatic carbocycles. The van der Waals surface area contributed by atoms with Gasteiger partial charge in [0.05, 0.1) is 11.6 Å². The molecule has 0 aromatic heterocycles. The van der Waals surface area contributed by atoms with Gasteiger partial charge in [0.1, 0.15) is 22.8 Å². The SMILES string of the molecule is CN(C)[C@@H]1C(O)=C(C(N)=O)C(=O)[C@@]2(O)C(O)=C3C(=O)c4c(cc5c(CNC(C)(C)C)cccc5c4O)C[C@H]3C[C@@H]12. The summed E-state index contributed by atoms with van der Waals surface area (Å²) in [5.41, 5.74) is 3.15. The van der Waals surface area contributed by atoms with E-state index in [1.165, 1.54) is 4.90 Å². The number of nitrogens with one attached hydrogen (secondary N) is 1. The van der Waals surface area contributed by atoms with Crippen LogP contribution in [0, 0.1) is 11.8 Å². The van der Waals surface area contributed by atoms with Gasteiger partial charge in [0.15, 0.2) is 11.4 Å². The first kappa shape index (κ1) is 27.8. The summed E-state index contributed by atoms with van der Waals surface area (Å²) in [5.74, 6) is -6.54. The minimum absolute atomic E-state index is 0.00853. The maximum absolute atomic E-state index is 13.9. The summed E-state index contributed by atoms with van der Waals surface area (Å²) in [7, 11) is 3.20. The standard InChI is InChI=1S/C30H35N3O7/c1-29(2,3)32-12-13-7-6-8-16-17(13)10-14-9-15-11-18-22(33(4)5)25(36)21(28(31)39)27(38)30(18,40)26(37)20(15)24(35)19(14)23(16)34/h6-8,10,15,18,22,32,34,36-37,40H,9,11-12H2,1-5H3,(H2,31,39)/t15-,18-,22-,30-/m0/s1. The van der Waals surface area contributed by atoms with Crippen LogP contribution >= 0.6 is 0 Å². The number of primary amides is 1. The highest BCUT2D eigenvalue weighted by Gasteiger charge is 2.63. The predicted octanol–water partition coefficient (Wildman–Crippen LogP) is 2.16. The molecule has 40 heavy (non-hydrogen) atoms. The minimum Gasteiger partial charge on any atom is -0.510 e. The van der Waals surface area contributed by atoms with Gasteiger partial charge in [0.2, 0.25) is 5.78 Å². The van der Waals surface area contributed by atoms with E-state index in [1.54, 1.807) is 26.2 Å². The molecule has 5 rings (SSSR count). The summed E-state index contributed by atoms with van der Waals surface area (Å²) in [6.07, 6.45) is 0.302. The van der Waals surface area contributed by atoms with Crippen LogP contribution < -0.4 is 11.1 Å². The number of carbonyl (C=O) groups is 3. The zero-order chi connectivity index (χ0) is 29.5. The number of nitrogens with zero attached hydrogens (tertiary/aromatic N) is 1. The number of hydrogen-bond donors (Lipinski definition) is 6. The fraction of sp³-hybridized carbons (Fsp3) is 0.433. The van der Waals surface area contributed by atoms with Crippen molar-refractivity contribution in [2.45, 2.75) is 57.3 Å². The fourth-order valence-electron chi connectivity index (χ4n) is 6.62. The third-order valence-corrected chi connectivity index (χ3v) is 8.47. The first-order valence-electron chi connectivity index (χ1n) is 13.3. The van der Waals surface area contributed by atoms with Crippen LogP contribution in [0.4, 0.5) is 0 Å². The molecular weight excluding hydrogens is 514 g/mol. The van der Waals surface area contributed by atoms with E-state index in [4.69, 9.17) is 5.73 Å². The molecule has 2 aromatic carbocycles. The lowest BCUT2D eigenvalue weighted by atomic mass is 9.58. The normalized spacial score (nSPS) is 26.7. The number of Topliss-reactive ketones (excluding diaryl/α,β-unsaturated/α-hetero) is 2. The Kier molecular flexibility index (Phi) is 6.37. The Hall–Kier alpha value is -3.73. The van der Waals surface area contributed by atoms with Gasteiger partial charge in [-0.05, 0) is 76.2 Å². The predicted molar refractivity (Wildman–Crippen MR) is 148 cm³/mol. The number of carbonyl (C=O) groups excluding carboxylic acids is 3. The fourth-order valence-corrected chi connectivity index (χ4v) is 6.62. The molecule has 0 bridgehead atoms. The highest BCUT2D eigenvalue weighted by molar-refractivity contribution is 6.25. The summed E-state index contributed by atoms with van der Waals surface area (Å²) < 4.78 is 0. The van der Waals surface area contributed by atoms with Gasteiger partial charge in [-0.1, -0.05) is 18.2 Å². The molecule has 4 atom stereocenters. The van der Waals surface area contributed by atoms with E-state index >= 15 is 0 Å². The minimum atomic E-state index is -2.65. The number of aliphatic hydroxyl groups is 3. The molecule has 0 unspecified atom stereocenters. The van der Waals surface area contributed by atoms with Crippen LogP contribution in [-0.4, -0.2) is 74.1 Å². The van der Waals surface area contributed by atoms with E-state index in [-0.39, 0.29) is 35.3 Å². The zero-order valence-electron chi connectivity index (χ0n) is 23.2. The lowest BCUT2D eigenvalue weighted by molar-refractivity contribution is -0.148. The number of ketones is 2. The Labute approximate surface area is 231 Å². The van der Waals surface area contributed by atoms with Crippen molar-refractivity contribution in [3.63, 3.8) is 0 Å². The molecule has 10 heteroatoms. The Morgan fingerprint density at radius 1 is 1.15 bits per heavy atom. The van der Waals surface area contributed by atoms with E-state index in [0.717, 1.165) is 10.9 Å². The number of phenolic OH excluding ortho intramolecular Hbond substituents is 1. The van der Waals surface area contributed by atoms with Crippen LogP contribution in [0.5, 0.6) is 5.75 Å². The lowest BCUT2D eigenvalue weighted by Crippen LogP contribution is -2.63. The molecule has 10 nitrogen and oxygen atoms in total. The maximum atomic E-state index is 13.9. The maximum Gasteiger partial charge on any atom is 0.255 e. The van der Waals surface area contributed by atoms with Crippen molar-refractivity contribution in [2.24, 2.45) is 17.6 Å². The molecule has 3 aliphatic rings. The number of likely N-dealkylation sites (N-methyl/N-ethyl adjacent to an activating group) is 1. The second kappa shape index (κ2) is 9.15. The van der Waals surface area contributed by atoms with Crippen LogP contribution in [0.2, 0.25) is 0 Å². The number of fused-ring (bicyclic) bond motifs is 4. The summed E-state index contributed by atoms with van der Waals surface area (Å²) >= 11 is 0. The Morgan fingerprint density at radius 3 is 2.42 bits per heavy atom. The van der Waals surface area contributed by atoms with Crippen molar-refractivity contribution in [3.05, 3.63) is 63.6 Å². The van der Waals surface area contributed by atoms with Crippen LogP contribution in [0.3, 0.4) is 0 Å². The number of phenols is 1. The van der Waals surface area contributed by atoms with Crippen molar-refractivity contribution in [2.75, 3.05) is 14.1 Å². The second-order valence-electron chi connectivity index (χ2n) is 12.3. The van der Waals surface area contributed by atoms with Gasteiger partial charge >= 0.3 is 0 Å². The van der Waals surface area contributed by atoms with E-state index in [1.807, 2.05) is 12.1 Å². The van der Waals surface area contributed by atoms with E-state index in [0.29, 0.717) is 17.5 Å². The first-order valence-corrected chi connectivity index (χ1v) is 13.3. The number of nitrogens with two attached hydrogens (primary N) is 1. The largest absolute Gasteiger partial charge is 0.510 e. The van der Waals surface area contributed by atoms with Crippen molar-refractivity contribution < 1.29 is 34.8 Å². The van der Waals surface area contributed by atoms with Crippen molar-refractivity contribution in [3.8, 4) is 5.75 Å². The van der Waals surface area contributed by atoms with E-state index < -0.39 is 58.0 Å². The van der Waals surface area contributed by atoms with Crippen molar-refractivity contribution in [1.82, 2.24) is 10.2 Å². The molecule has 0 fully saturated rings. The summed E-state index contributed by atoms with van der Waals surface area (Å²) in [6, 6.07) is 6.32. The average molecular weight is 550 g/mol. The van der Waals surface area contributed by atoms with Gasteiger partial charge in [0, 0.05) is 29.0 Å². The second-order valence-corrected chi connectivity index (χ2v) is 12.3. The Bertz CT molecular complexity index is 1550. The monoisotopic (exact) mass is 549 g/mol. The van der Waals surface area contributed by atoms with Gasteiger partial charge in [-0.3, -0.25) is 19.3 Å². The van der Waals surface area contributed by atoms with Gasteiger partial charge in [-0.25, -0.2) is 0 Å². The van der Waals surface area contributed by atoms with Crippen molar-refractivity contribution >= 4 is 28.2 Å². The molecule has 0 radical (unpaired) electrons. The number of hydrogen-bond acceptors (Lipinski definition) is 9. The zero-order valence-corrected chi connectivity index (χ0v) is 23.2. The number of allylic oxidation sites excluding steroid dienone is 1. The highest BCUT2D eigenvalue weighted by Crippen LogP contribution is 2.52. The third-order valence-electron chi connectivity index (χ3n) is 8.47. The Morgan fingerprint density at radius 2 is 1.82 bits per heavy atom. The van der Waals surface area contributed by atoms with Crippen LogP contribution in [0.1, 0.15) is 48.7 Å². The molecule has 0 aliphatic heterocycles. The number of benzene rings is 2. The van der Waals surface area contributed by atoms with Crippen LogP contribution in [0.25, 0.3) is 10.8 Å². The summed E-state index contributed by atoms with van der Waals surface area (Å²) in [6.45, 7) is 6.70. The topological polar surface area (TPSA) is 173 Å². The quantitative estimate of drug-likeness (QED) is 0.312. The first-order chi connectivity index (χ1) is 18.6. The average Bonchev–Trinajstić information content (AvgIpc) is 2.84. The molecule has 212 valence electrons. The summed E-state index contributed by atoms with van der Waals surface area (Å²) in [5, 5.41) is 50.1. The smallest absolute Gasteiger partial charge is 0.255 e. The number of rotatable bonds is 4. The number of aliphatic hydroxyl groups excluding tert-OH is 2. The van der Waals surface area contributed by atoms with Gasteiger partial charge in [-0.2, -0.15) is 0 Å². The molecule has 0 spiro atoms. The van der Waals surface area contributed by atoms with Gasteiger partial charge < -0.3 is 31.5 Å². The molecule has 0 saturated carbocycles. The molecule has 2 aromatic rings. The van der Waals surface area contributed by atoms with Crippen LogP contribution in [0.15, 0.2) is 46.9 Å². The van der Waals surface area contributed by atoms with E-state index in [9.17, 15) is 34.8 Å². The van der Waals surface area contributed by atoms with Crippen molar-refractivity contribution in [1.29, 1.82) is 0 Å². The summed E-state index contributed by atoms with van der Waals surface area (Å²) in [4.78, 5) is 41.0. The van der Waals surface area contributed by atoms with Gasteiger partial charge in [0.25, 0.3) is 5.91 Å². The Balaban J connectivity index is 1.68. The number of aromatic hydroxyl groups is 1. The third kappa shape index (κ3) is 3.93. The van der Waals surface area contributed by atoms with E-state index in [2.05, 4.69) is 26.1 Å². The lowest BCUT2D eigenvalue weighted by Gasteiger charge is -2.50. The molecule has 1 amide bonds. The van der Waals surface area contributed by atoms with Crippen LogP contribution in [-0.2, 0) is 22.6 Å². The molecule has 0 saturated heterocycles. The molecular formula is C30H35N3O7. The number of amides is 1. The van der Waals surface area contributed by atoms with Gasteiger partial charge in [-0.15, -0.1) is 0 Å². The molecule has 0 heterocycles.